The van der Waals surface area contributed by atoms with Gasteiger partial charge in [-0.05, 0) is 25.3 Å². The molecule has 0 fully saturated rings. The van der Waals surface area contributed by atoms with E-state index >= 15 is 0 Å². The summed E-state index contributed by atoms with van der Waals surface area (Å²) < 4.78 is 1.67. The molecule has 7 heteroatoms. The molecule has 0 aliphatic carbocycles. The van der Waals surface area contributed by atoms with Gasteiger partial charge >= 0.3 is 12.0 Å². The number of carboxylic acid groups (broad SMARTS) is 1. The van der Waals surface area contributed by atoms with Gasteiger partial charge in [0.2, 0.25) is 0 Å². The lowest BCUT2D eigenvalue weighted by Gasteiger charge is -2.19. The fourth-order valence-electron chi connectivity index (χ4n) is 2.45. The summed E-state index contributed by atoms with van der Waals surface area (Å²) in [5.74, 6) is -0.272. The van der Waals surface area contributed by atoms with Crippen molar-refractivity contribution in [2.75, 3.05) is 5.32 Å². The van der Waals surface area contributed by atoms with Crippen LogP contribution in [0.1, 0.15) is 25.3 Å². The number of carbonyl (C=O) groups excluding carboxylic acids is 1. The molecular formula is C17H22N4O3. The van der Waals surface area contributed by atoms with E-state index in [0.29, 0.717) is 25.2 Å². The summed E-state index contributed by atoms with van der Waals surface area (Å²) in [4.78, 5) is 23.1. The number of aromatic nitrogens is 2. The summed E-state index contributed by atoms with van der Waals surface area (Å²) in [7, 11) is 0. The monoisotopic (exact) mass is 330 g/mol. The highest BCUT2D eigenvalue weighted by molar-refractivity contribution is 5.88. The fraction of sp³-hybridized carbons (Fsp3) is 0.353. The SMILES string of the molecule is CCn1nccc1NC(=O)NC(CCC(=O)O)Cc1ccccc1. The number of hydrogen-bond acceptors (Lipinski definition) is 3. The molecule has 7 nitrogen and oxygen atoms in total. The molecular weight excluding hydrogens is 308 g/mol. The van der Waals surface area contributed by atoms with Crippen molar-refractivity contribution in [1.82, 2.24) is 15.1 Å². The van der Waals surface area contributed by atoms with E-state index in [-0.39, 0.29) is 18.5 Å². The van der Waals surface area contributed by atoms with E-state index in [9.17, 15) is 9.59 Å². The second-order valence-corrected chi connectivity index (χ2v) is 5.45. The van der Waals surface area contributed by atoms with Crippen LogP contribution in [0.3, 0.4) is 0 Å². The molecule has 0 saturated heterocycles. The van der Waals surface area contributed by atoms with Crippen molar-refractivity contribution in [3.8, 4) is 0 Å². The standard InChI is InChI=1S/C17H22N4O3/c1-2-21-15(10-11-18-21)20-17(24)19-14(8-9-16(22)23)12-13-6-4-3-5-7-13/h3-7,10-11,14H,2,8-9,12H2,1H3,(H,22,23)(H2,19,20,24). The molecule has 24 heavy (non-hydrogen) atoms. The summed E-state index contributed by atoms with van der Waals surface area (Å²) in [5.41, 5.74) is 1.05. The third kappa shape index (κ3) is 5.42. The van der Waals surface area contributed by atoms with Gasteiger partial charge in [-0.3, -0.25) is 10.1 Å². The van der Waals surface area contributed by atoms with Crippen LogP contribution in [0.15, 0.2) is 42.6 Å². The number of nitrogens with zero attached hydrogens (tertiary/aromatic N) is 2. The van der Waals surface area contributed by atoms with Crippen LogP contribution in [-0.2, 0) is 17.8 Å². The Hall–Kier alpha value is -2.83. The Kier molecular flexibility index (Phi) is 6.36. The van der Waals surface area contributed by atoms with Crippen LogP contribution < -0.4 is 10.6 Å². The predicted molar refractivity (Wildman–Crippen MR) is 90.9 cm³/mol. The highest BCUT2D eigenvalue weighted by Gasteiger charge is 2.15. The molecule has 2 aromatic rings. The van der Waals surface area contributed by atoms with Crippen LogP contribution >= 0.6 is 0 Å². The lowest BCUT2D eigenvalue weighted by Crippen LogP contribution is -2.40. The molecule has 1 atom stereocenters. The fourth-order valence-corrected chi connectivity index (χ4v) is 2.45. The molecule has 0 radical (unpaired) electrons. The van der Waals surface area contributed by atoms with Gasteiger partial charge in [0.1, 0.15) is 5.82 Å². The molecule has 0 bridgehead atoms. The highest BCUT2D eigenvalue weighted by atomic mass is 16.4. The number of urea groups is 1. The molecule has 3 N–H and O–H groups in total. The lowest BCUT2D eigenvalue weighted by atomic mass is 10.0. The second-order valence-electron chi connectivity index (χ2n) is 5.45. The first-order valence-electron chi connectivity index (χ1n) is 7.93. The van der Waals surface area contributed by atoms with E-state index < -0.39 is 5.97 Å². The van der Waals surface area contributed by atoms with Gasteiger partial charge in [-0.15, -0.1) is 0 Å². The second kappa shape index (κ2) is 8.71. The number of amides is 2. The molecule has 1 heterocycles. The van der Waals surface area contributed by atoms with Crippen molar-refractivity contribution in [2.45, 2.75) is 38.8 Å². The summed E-state index contributed by atoms with van der Waals surface area (Å²) in [6.45, 7) is 2.58. The number of rotatable bonds is 8. The highest BCUT2D eigenvalue weighted by Crippen LogP contribution is 2.10. The number of carbonyl (C=O) groups is 2. The van der Waals surface area contributed by atoms with E-state index in [0.717, 1.165) is 5.56 Å². The van der Waals surface area contributed by atoms with Gasteiger partial charge in [-0.1, -0.05) is 30.3 Å². The van der Waals surface area contributed by atoms with Crippen molar-refractivity contribution in [3.05, 3.63) is 48.2 Å². The van der Waals surface area contributed by atoms with Crippen LogP contribution in [0.2, 0.25) is 0 Å². The smallest absolute Gasteiger partial charge is 0.320 e. The van der Waals surface area contributed by atoms with E-state index in [1.807, 2.05) is 37.3 Å². The summed E-state index contributed by atoms with van der Waals surface area (Å²) in [5, 5.41) is 18.6. The van der Waals surface area contributed by atoms with Gasteiger partial charge in [0, 0.05) is 25.1 Å². The minimum atomic E-state index is -0.876. The van der Waals surface area contributed by atoms with Gasteiger partial charge in [0.25, 0.3) is 0 Å². The maximum absolute atomic E-state index is 12.2. The Labute approximate surface area is 140 Å². The number of nitrogens with one attached hydrogen (secondary N) is 2. The molecule has 1 aromatic carbocycles. The number of benzene rings is 1. The van der Waals surface area contributed by atoms with Crippen molar-refractivity contribution >= 4 is 17.8 Å². The number of aliphatic carboxylic acids is 1. The van der Waals surface area contributed by atoms with Gasteiger partial charge in [-0.25, -0.2) is 9.48 Å². The third-order valence-corrected chi connectivity index (χ3v) is 3.62. The van der Waals surface area contributed by atoms with Crippen molar-refractivity contribution in [3.63, 3.8) is 0 Å². The zero-order chi connectivity index (χ0) is 17.4. The molecule has 0 aliphatic heterocycles. The Morgan fingerprint density at radius 2 is 2.00 bits per heavy atom. The van der Waals surface area contributed by atoms with E-state index in [1.165, 1.54) is 0 Å². The summed E-state index contributed by atoms with van der Waals surface area (Å²) >= 11 is 0. The molecule has 1 unspecified atom stereocenters. The minimum Gasteiger partial charge on any atom is -0.481 e. The van der Waals surface area contributed by atoms with Crippen LogP contribution in [0.4, 0.5) is 10.6 Å². The minimum absolute atomic E-state index is 0.00464. The van der Waals surface area contributed by atoms with E-state index in [1.54, 1.807) is 16.9 Å². The molecule has 2 rings (SSSR count). The predicted octanol–water partition coefficient (Wildman–Crippen LogP) is 2.50. The topological polar surface area (TPSA) is 96.3 Å². The number of carboxylic acids is 1. The average molecular weight is 330 g/mol. The first kappa shape index (κ1) is 17.5. The Morgan fingerprint density at radius 3 is 2.67 bits per heavy atom. The lowest BCUT2D eigenvalue weighted by molar-refractivity contribution is -0.137. The Bertz CT molecular complexity index is 669. The van der Waals surface area contributed by atoms with Crippen LogP contribution in [0.25, 0.3) is 0 Å². The number of anilines is 1. The quantitative estimate of drug-likeness (QED) is 0.693. The van der Waals surface area contributed by atoms with Crippen LogP contribution in [0.5, 0.6) is 0 Å². The number of aryl methyl sites for hydroxylation is 1. The molecule has 128 valence electrons. The zero-order valence-corrected chi connectivity index (χ0v) is 13.6. The van der Waals surface area contributed by atoms with Crippen molar-refractivity contribution in [1.29, 1.82) is 0 Å². The molecule has 0 spiro atoms. The van der Waals surface area contributed by atoms with E-state index in [4.69, 9.17) is 5.11 Å². The Morgan fingerprint density at radius 1 is 1.25 bits per heavy atom. The normalized spacial score (nSPS) is 11.7. The molecule has 2 amide bonds. The average Bonchev–Trinajstić information content (AvgIpc) is 3.00. The molecule has 0 saturated carbocycles. The molecule has 0 aliphatic rings. The maximum atomic E-state index is 12.2. The maximum Gasteiger partial charge on any atom is 0.320 e. The van der Waals surface area contributed by atoms with Gasteiger partial charge in [0.15, 0.2) is 0 Å². The first-order valence-corrected chi connectivity index (χ1v) is 7.93. The van der Waals surface area contributed by atoms with Gasteiger partial charge in [0.05, 0.1) is 6.20 Å². The first-order chi connectivity index (χ1) is 11.6. The van der Waals surface area contributed by atoms with E-state index in [2.05, 4.69) is 15.7 Å². The summed E-state index contributed by atoms with van der Waals surface area (Å²) in [6.07, 6.45) is 2.56. The van der Waals surface area contributed by atoms with Crippen LogP contribution in [-0.4, -0.2) is 32.9 Å². The summed E-state index contributed by atoms with van der Waals surface area (Å²) in [6, 6.07) is 10.8. The van der Waals surface area contributed by atoms with Crippen LogP contribution in [0, 0.1) is 0 Å². The Balaban J connectivity index is 1.98. The number of hydrogen-bond donors (Lipinski definition) is 3. The molecule has 1 aromatic heterocycles. The third-order valence-electron chi connectivity index (χ3n) is 3.62. The van der Waals surface area contributed by atoms with Gasteiger partial charge < -0.3 is 10.4 Å². The van der Waals surface area contributed by atoms with Crippen molar-refractivity contribution in [2.24, 2.45) is 0 Å². The zero-order valence-electron chi connectivity index (χ0n) is 13.6. The largest absolute Gasteiger partial charge is 0.481 e. The van der Waals surface area contributed by atoms with Gasteiger partial charge in [-0.2, -0.15) is 5.10 Å². The van der Waals surface area contributed by atoms with Crippen molar-refractivity contribution < 1.29 is 14.7 Å².